The van der Waals surface area contributed by atoms with Crippen LogP contribution in [0.25, 0.3) is 0 Å². The van der Waals surface area contributed by atoms with Crippen molar-refractivity contribution in [2.75, 3.05) is 39.3 Å². The molecule has 1 aromatic carbocycles. The Bertz CT molecular complexity index is 1200. The molecule has 9 nitrogen and oxygen atoms in total. The third-order valence-electron chi connectivity index (χ3n) is 8.79. The van der Waals surface area contributed by atoms with Crippen LogP contribution in [0.5, 0.6) is 0 Å². The lowest BCUT2D eigenvalue weighted by Gasteiger charge is -2.41. The molecule has 300 valence electrons. The molecule has 52 heavy (non-hydrogen) atoms. The van der Waals surface area contributed by atoms with Gasteiger partial charge in [0.2, 0.25) is 0 Å². The normalized spacial score (nSPS) is 17.5. The van der Waals surface area contributed by atoms with E-state index in [2.05, 4.69) is 5.73 Å². The van der Waals surface area contributed by atoms with Gasteiger partial charge in [0.15, 0.2) is 0 Å². The van der Waals surface area contributed by atoms with Gasteiger partial charge in [-0.3, -0.25) is 0 Å². The van der Waals surface area contributed by atoms with Crippen molar-refractivity contribution < 1.29 is 54.9 Å². The zero-order chi connectivity index (χ0) is 39.9. The second kappa shape index (κ2) is 20.4. The van der Waals surface area contributed by atoms with Crippen molar-refractivity contribution in [2.24, 2.45) is 16.6 Å². The quantitative estimate of drug-likeness (QED) is 0.198. The fourth-order valence-electron chi connectivity index (χ4n) is 5.64. The standard InChI is InChI=1S/C19H27NO4.C16H28F3NO2.C2H4F3N/c1-18(2,3)24-17(22)20-11-9-19(14-21,10-12-20)15-23-13-16-7-5-4-6-8-16;1-5-15(7-6-8-16(17,18)19)9-11-20(12-10-15)13(21)22-14(2,3)4;3-2(4,5)1-6/h4-8,14H,9-13,15H2,1-3H3;5-12H2,1-4H3;1,6H2. The van der Waals surface area contributed by atoms with Crippen LogP contribution in [0.4, 0.5) is 35.9 Å². The molecule has 2 amide bonds. The molecule has 2 N–H and O–H groups in total. The van der Waals surface area contributed by atoms with Crippen LogP contribution >= 0.6 is 0 Å². The highest BCUT2D eigenvalue weighted by molar-refractivity contribution is 5.69. The molecule has 2 saturated heterocycles. The van der Waals surface area contributed by atoms with E-state index in [-0.39, 0.29) is 24.0 Å². The monoisotopic (exact) mass is 755 g/mol. The second-order valence-electron chi connectivity index (χ2n) is 15.5. The van der Waals surface area contributed by atoms with Gasteiger partial charge in [0.25, 0.3) is 0 Å². The van der Waals surface area contributed by atoms with E-state index in [0.717, 1.165) is 31.1 Å². The van der Waals surface area contributed by atoms with Crippen LogP contribution in [0.2, 0.25) is 0 Å². The summed E-state index contributed by atoms with van der Waals surface area (Å²) in [4.78, 5) is 39.1. The highest BCUT2D eigenvalue weighted by Gasteiger charge is 2.38. The maximum absolute atomic E-state index is 12.3. The number of halogens is 6. The Morgan fingerprint density at radius 3 is 1.60 bits per heavy atom. The first-order chi connectivity index (χ1) is 23.9. The molecule has 0 aliphatic carbocycles. The first-order valence-corrected chi connectivity index (χ1v) is 17.7. The van der Waals surface area contributed by atoms with Crippen LogP contribution in [-0.4, -0.2) is 91.2 Å². The third kappa shape index (κ3) is 19.7. The van der Waals surface area contributed by atoms with Crippen LogP contribution < -0.4 is 5.73 Å². The van der Waals surface area contributed by atoms with Crippen LogP contribution in [0.3, 0.4) is 0 Å². The maximum atomic E-state index is 12.3. The molecule has 3 rings (SSSR count). The Morgan fingerprint density at radius 2 is 1.23 bits per heavy atom. The summed E-state index contributed by atoms with van der Waals surface area (Å²) >= 11 is 0. The molecule has 15 heteroatoms. The van der Waals surface area contributed by atoms with Crippen LogP contribution in [-0.2, 0) is 25.6 Å². The number of carbonyl (C=O) groups is 3. The first-order valence-electron chi connectivity index (χ1n) is 17.7. The molecule has 0 unspecified atom stereocenters. The number of hydrogen-bond acceptors (Lipinski definition) is 7. The van der Waals surface area contributed by atoms with E-state index in [1.54, 1.807) is 9.80 Å². The summed E-state index contributed by atoms with van der Waals surface area (Å²) < 4.78 is 85.4. The number of aldehydes is 1. The number of likely N-dealkylation sites (tertiary alicyclic amines) is 2. The smallest absolute Gasteiger partial charge is 0.410 e. The lowest BCUT2D eigenvalue weighted by Crippen LogP contribution is -2.47. The molecule has 2 heterocycles. The number of rotatable bonds is 9. The Labute approximate surface area is 304 Å². The molecular formula is C37H59F6N3O6. The largest absolute Gasteiger partial charge is 0.444 e. The lowest BCUT2D eigenvalue weighted by atomic mass is 9.72. The molecule has 0 atom stereocenters. The van der Waals surface area contributed by atoms with Gasteiger partial charge >= 0.3 is 24.5 Å². The number of piperidine rings is 2. The number of amides is 2. The van der Waals surface area contributed by atoms with Crippen molar-refractivity contribution in [2.45, 2.75) is 130 Å². The van der Waals surface area contributed by atoms with Gasteiger partial charge < -0.3 is 34.5 Å². The average Bonchev–Trinajstić information content (AvgIpc) is 3.04. The van der Waals surface area contributed by atoms with Gasteiger partial charge in [-0.25, -0.2) is 9.59 Å². The third-order valence-corrected chi connectivity index (χ3v) is 8.79. The van der Waals surface area contributed by atoms with Crippen molar-refractivity contribution >= 4 is 18.5 Å². The average molecular weight is 756 g/mol. The van der Waals surface area contributed by atoms with Gasteiger partial charge in [0, 0.05) is 32.6 Å². The highest BCUT2D eigenvalue weighted by atomic mass is 19.4. The SMILES string of the molecule is CC(C)(C)OC(=O)N1CCC(C=O)(COCc2ccccc2)CC1.CCC1(CCCC(F)(F)F)CCN(C(=O)OC(C)(C)C)CC1.NCC(F)(F)F. The molecule has 2 aliphatic heterocycles. The second-order valence-corrected chi connectivity index (χ2v) is 15.5. The Balaban J connectivity index is 0.000000451. The van der Waals surface area contributed by atoms with E-state index in [0.29, 0.717) is 58.7 Å². The van der Waals surface area contributed by atoms with Gasteiger partial charge in [-0.1, -0.05) is 43.7 Å². The number of ether oxygens (including phenoxy) is 3. The molecule has 0 saturated carbocycles. The summed E-state index contributed by atoms with van der Waals surface area (Å²) in [5.41, 5.74) is 3.67. The van der Waals surface area contributed by atoms with E-state index in [4.69, 9.17) is 14.2 Å². The van der Waals surface area contributed by atoms with Gasteiger partial charge in [0.1, 0.15) is 17.5 Å². The minimum atomic E-state index is -4.18. The number of benzene rings is 1. The minimum absolute atomic E-state index is 0.0657. The van der Waals surface area contributed by atoms with E-state index in [1.807, 2.05) is 78.8 Å². The van der Waals surface area contributed by atoms with Crippen LogP contribution in [0.15, 0.2) is 30.3 Å². The van der Waals surface area contributed by atoms with Crippen LogP contribution in [0, 0.1) is 10.8 Å². The molecule has 0 spiro atoms. The molecular weight excluding hydrogens is 696 g/mol. The topological polar surface area (TPSA) is 111 Å². The predicted molar refractivity (Wildman–Crippen MR) is 186 cm³/mol. The molecule has 2 aliphatic rings. The summed E-state index contributed by atoms with van der Waals surface area (Å²) in [6.45, 7) is 14.8. The van der Waals surface area contributed by atoms with Gasteiger partial charge in [-0.2, -0.15) is 26.3 Å². The summed E-state index contributed by atoms with van der Waals surface area (Å²) in [6, 6.07) is 9.89. The zero-order valence-electron chi connectivity index (χ0n) is 31.8. The van der Waals surface area contributed by atoms with Crippen molar-refractivity contribution in [3.63, 3.8) is 0 Å². The van der Waals surface area contributed by atoms with Gasteiger partial charge in [-0.15, -0.1) is 0 Å². The Kier molecular flexibility index (Phi) is 18.4. The lowest BCUT2D eigenvalue weighted by molar-refractivity contribution is -0.137. The van der Waals surface area contributed by atoms with Crippen molar-refractivity contribution in [3.05, 3.63) is 35.9 Å². The van der Waals surface area contributed by atoms with Gasteiger partial charge in [0.05, 0.1) is 25.2 Å². The van der Waals surface area contributed by atoms with E-state index in [9.17, 15) is 40.7 Å². The fraction of sp³-hybridized carbons (Fsp3) is 0.757. The van der Waals surface area contributed by atoms with Crippen molar-refractivity contribution in [3.8, 4) is 0 Å². The van der Waals surface area contributed by atoms with E-state index in [1.165, 1.54) is 0 Å². The number of carbonyl (C=O) groups excluding carboxylic acids is 3. The van der Waals surface area contributed by atoms with Crippen LogP contribution in [0.1, 0.15) is 105 Å². The van der Waals surface area contributed by atoms with E-state index < -0.39 is 41.9 Å². The molecule has 0 aromatic heterocycles. The zero-order valence-corrected chi connectivity index (χ0v) is 31.8. The number of alkyl halides is 6. The molecule has 0 radical (unpaired) electrons. The summed E-state index contributed by atoms with van der Waals surface area (Å²) in [7, 11) is 0. The Morgan fingerprint density at radius 1 is 0.788 bits per heavy atom. The van der Waals surface area contributed by atoms with Crippen molar-refractivity contribution in [1.82, 2.24) is 9.80 Å². The first kappa shape index (κ1) is 47.0. The van der Waals surface area contributed by atoms with Gasteiger partial charge in [-0.05, 0) is 91.0 Å². The maximum Gasteiger partial charge on any atom is 0.410 e. The summed E-state index contributed by atoms with van der Waals surface area (Å²) in [5, 5.41) is 0. The number of hydrogen-bond donors (Lipinski definition) is 1. The van der Waals surface area contributed by atoms with E-state index >= 15 is 0 Å². The van der Waals surface area contributed by atoms with Crippen molar-refractivity contribution in [1.29, 1.82) is 0 Å². The molecule has 2 fully saturated rings. The molecule has 0 bridgehead atoms. The number of nitrogens with zero attached hydrogens (tertiary/aromatic N) is 2. The minimum Gasteiger partial charge on any atom is -0.444 e. The highest BCUT2D eigenvalue weighted by Crippen LogP contribution is 2.41. The number of nitrogens with two attached hydrogens (primary N) is 1. The summed E-state index contributed by atoms with van der Waals surface area (Å²) in [6.07, 6.45) is -4.32. The predicted octanol–water partition coefficient (Wildman–Crippen LogP) is 9.07. The summed E-state index contributed by atoms with van der Waals surface area (Å²) in [5.74, 6) is 0. The fourth-order valence-corrected chi connectivity index (χ4v) is 5.64. The molecule has 1 aromatic rings. The Hall–Kier alpha value is -3.07.